The fourth-order valence-corrected chi connectivity index (χ4v) is 1.57. The van der Waals surface area contributed by atoms with Crippen molar-refractivity contribution in [1.29, 1.82) is 0 Å². The molecule has 0 spiro atoms. The first kappa shape index (κ1) is 12.5. The highest BCUT2D eigenvalue weighted by molar-refractivity contribution is 5.81. The molecule has 0 radical (unpaired) electrons. The number of benzene rings is 1. The van der Waals surface area contributed by atoms with Crippen molar-refractivity contribution in [1.82, 2.24) is 4.90 Å². The highest BCUT2D eigenvalue weighted by Gasteiger charge is 2.07. The number of hydrogen-bond donors (Lipinski definition) is 2. The van der Waals surface area contributed by atoms with Crippen LogP contribution < -0.4 is 5.73 Å². The van der Waals surface area contributed by atoms with Crippen LogP contribution in [0.15, 0.2) is 29.4 Å². The van der Waals surface area contributed by atoms with Crippen LogP contribution >= 0.6 is 0 Å². The number of amidine groups is 1. The SMILES string of the molecule is CCN(CC(N)=NO)Cc1ccccc1C. The predicted molar refractivity (Wildman–Crippen MR) is 65.5 cm³/mol. The van der Waals surface area contributed by atoms with Gasteiger partial charge in [0.05, 0.1) is 6.54 Å². The van der Waals surface area contributed by atoms with Gasteiger partial charge >= 0.3 is 0 Å². The van der Waals surface area contributed by atoms with Crippen LogP contribution in [0.4, 0.5) is 0 Å². The molecule has 0 aliphatic carbocycles. The van der Waals surface area contributed by atoms with E-state index in [1.165, 1.54) is 11.1 Å². The Hall–Kier alpha value is -1.55. The number of nitrogens with two attached hydrogens (primary N) is 1. The number of rotatable bonds is 5. The molecular formula is C12H19N3O. The van der Waals surface area contributed by atoms with Gasteiger partial charge in [0, 0.05) is 6.54 Å². The van der Waals surface area contributed by atoms with Crippen LogP contribution in [0.3, 0.4) is 0 Å². The maximum atomic E-state index is 8.54. The van der Waals surface area contributed by atoms with E-state index in [0.29, 0.717) is 6.54 Å². The Morgan fingerprint density at radius 2 is 2.12 bits per heavy atom. The van der Waals surface area contributed by atoms with Crippen molar-refractivity contribution in [2.24, 2.45) is 10.9 Å². The van der Waals surface area contributed by atoms with Gasteiger partial charge in [0.1, 0.15) is 0 Å². The van der Waals surface area contributed by atoms with Gasteiger partial charge in [-0.2, -0.15) is 0 Å². The molecule has 1 aromatic rings. The van der Waals surface area contributed by atoms with Crippen molar-refractivity contribution in [3.63, 3.8) is 0 Å². The Labute approximate surface area is 96.4 Å². The summed E-state index contributed by atoms with van der Waals surface area (Å²) in [6.45, 7) is 6.32. The van der Waals surface area contributed by atoms with Crippen LogP contribution in [0.25, 0.3) is 0 Å². The smallest absolute Gasteiger partial charge is 0.153 e. The third kappa shape index (κ3) is 3.55. The van der Waals surface area contributed by atoms with Crippen molar-refractivity contribution >= 4 is 5.84 Å². The zero-order chi connectivity index (χ0) is 12.0. The highest BCUT2D eigenvalue weighted by Crippen LogP contribution is 2.09. The molecule has 1 aromatic carbocycles. The van der Waals surface area contributed by atoms with Gasteiger partial charge in [-0.15, -0.1) is 0 Å². The molecule has 0 unspecified atom stereocenters. The van der Waals surface area contributed by atoms with E-state index >= 15 is 0 Å². The Morgan fingerprint density at radius 3 is 2.69 bits per heavy atom. The summed E-state index contributed by atoms with van der Waals surface area (Å²) in [4.78, 5) is 2.12. The second kappa shape index (κ2) is 6.12. The molecule has 0 amide bonds. The van der Waals surface area contributed by atoms with Gasteiger partial charge in [-0.3, -0.25) is 4.90 Å². The predicted octanol–water partition coefficient (Wildman–Crippen LogP) is 1.56. The topological polar surface area (TPSA) is 61.8 Å². The van der Waals surface area contributed by atoms with Crippen molar-refractivity contribution in [2.45, 2.75) is 20.4 Å². The van der Waals surface area contributed by atoms with Crippen LogP contribution in [0.1, 0.15) is 18.1 Å². The van der Waals surface area contributed by atoms with Crippen LogP contribution in [0.5, 0.6) is 0 Å². The third-order valence-corrected chi connectivity index (χ3v) is 2.62. The molecule has 0 aliphatic heterocycles. The first-order valence-electron chi connectivity index (χ1n) is 5.40. The van der Waals surface area contributed by atoms with Gasteiger partial charge in [-0.25, -0.2) is 0 Å². The molecule has 0 aromatic heterocycles. The molecule has 0 atom stereocenters. The highest BCUT2D eigenvalue weighted by atomic mass is 16.4. The fourth-order valence-electron chi connectivity index (χ4n) is 1.57. The second-order valence-corrected chi connectivity index (χ2v) is 3.82. The fraction of sp³-hybridized carbons (Fsp3) is 0.417. The summed E-state index contributed by atoms with van der Waals surface area (Å²) in [6.07, 6.45) is 0. The Balaban J connectivity index is 2.67. The Bertz CT molecular complexity index is 363. The molecule has 0 heterocycles. The van der Waals surface area contributed by atoms with E-state index in [0.717, 1.165) is 13.1 Å². The molecule has 16 heavy (non-hydrogen) atoms. The summed E-state index contributed by atoms with van der Waals surface area (Å²) in [5.41, 5.74) is 8.04. The summed E-state index contributed by atoms with van der Waals surface area (Å²) in [7, 11) is 0. The monoisotopic (exact) mass is 221 g/mol. The summed E-state index contributed by atoms with van der Waals surface area (Å²) in [5.74, 6) is 0.246. The molecule has 4 heteroatoms. The van der Waals surface area contributed by atoms with Crippen LogP contribution in [-0.4, -0.2) is 29.0 Å². The summed E-state index contributed by atoms with van der Waals surface area (Å²) < 4.78 is 0. The maximum Gasteiger partial charge on any atom is 0.153 e. The standard InChI is InChI=1S/C12H19N3O/c1-3-15(9-12(13)14-16)8-11-7-5-4-6-10(11)2/h4-7,16H,3,8-9H2,1-2H3,(H2,13,14). The first-order valence-corrected chi connectivity index (χ1v) is 5.40. The van der Waals surface area contributed by atoms with Crippen molar-refractivity contribution < 1.29 is 5.21 Å². The Kier molecular flexibility index (Phi) is 4.79. The lowest BCUT2D eigenvalue weighted by Gasteiger charge is -2.20. The summed E-state index contributed by atoms with van der Waals surface area (Å²) in [5, 5.41) is 11.5. The molecule has 0 aliphatic rings. The number of hydrogen-bond acceptors (Lipinski definition) is 3. The molecule has 0 saturated heterocycles. The second-order valence-electron chi connectivity index (χ2n) is 3.82. The Morgan fingerprint density at radius 1 is 1.44 bits per heavy atom. The first-order chi connectivity index (χ1) is 7.67. The summed E-state index contributed by atoms with van der Waals surface area (Å²) >= 11 is 0. The van der Waals surface area contributed by atoms with E-state index in [1.54, 1.807) is 0 Å². The average Bonchev–Trinajstić information content (AvgIpc) is 2.30. The minimum atomic E-state index is 0.246. The molecular weight excluding hydrogens is 202 g/mol. The number of likely N-dealkylation sites (N-methyl/N-ethyl adjacent to an activating group) is 1. The summed E-state index contributed by atoms with van der Waals surface area (Å²) in [6, 6.07) is 8.25. The molecule has 0 bridgehead atoms. The molecule has 1 rings (SSSR count). The normalized spacial score (nSPS) is 12.1. The largest absolute Gasteiger partial charge is 0.409 e. The van der Waals surface area contributed by atoms with Crippen LogP contribution in [-0.2, 0) is 6.54 Å². The van der Waals surface area contributed by atoms with Gasteiger partial charge in [0.2, 0.25) is 0 Å². The van der Waals surface area contributed by atoms with E-state index in [-0.39, 0.29) is 5.84 Å². The molecule has 0 fully saturated rings. The zero-order valence-electron chi connectivity index (χ0n) is 9.85. The van der Waals surface area contributed by atoms with Crippen molar-refractivity contribution in [2.75, 3.05) is 13.1 Å². The van der Waals surface area contributed by atoms with Crippen LogP contribution in [0, 0.1) is 6.92 Å². The minimum Gasteiger partial charge on any atom is -0.409 e. The third-order valence-electron chi connectivity index (χ3n) is 2.62. The van der Waals surface area contributed by atoms with Crippen LogP contribution in [0.2, 0.25) is 0 Å². The number of nitrogens with zero attached hydrogens (tertiary/aromatic N) is 2. The molecule has 3 N–H and O–H groups in total. The number of aryl methyl sites for hydroxylation is 1. The number of oxime groups is 1. The lowest BCUT2D eigenvalue weighted by molar-refractivity contribution is 0.294. The van der Waals surface area contributed by atoms with Gasteiger partial charge in [-0.1, -0.05) is 36.3 Å². The van der Waals surface area contributed by atoms with Crippen molar-refractivity contribution in [3.8, 4) is 0 Å². The quantitative estimate of drug-likeness (QED) is 0.343. The van der Waals surface area contributed by atoms with Crippen molar-refractivity contribution in [3.05, 3.63) is 35.4 Å². The van der Waals surface area contributed by atoms with E-state index in [4.69, 9.17) is 10.9 Å². The lowest BCUT2D eigenvalue weighted by Crippen LogP contribution is -2.33. The molecule has 88 valence electrons. The van der Waals surface area contributed by atoms with E-state index in [1.807, 2.05) is 12.1 Å². The lowest BCUT2D eigenvalue weighted by atomic mass is 10.1. The molecule has 4 nitrogen and oxygen atoms in total. The van der Waals surface area contributed by atoms with Gasteiger partial charge in [-0.05, 0) is 24.6 Å². The average molecular weight is 221 g/mol. The van der Waals surface area contributed by atoms with Gasteiger partial charge in [0.25, 0.3) is 0 Å². The van der Waals surface area contributed by atoms with Gasteiger partial charge in [0.15, 0.2) is 5.84 Å². The minimum absolute atomic E-state index is 0.246. The van der Waals surface area contributed by atoms with E-state index in [9.17, 15) is 0 Å². The van der Waals surface area contributed by atoms with E-state index in [2.05, 4.69) is 36.0 Å². The maximum absolute atomic E-state index is 8.54. The zero-order valence-corrected chi connectivity index (χ0v) is 9.85. The molecule has 0 saturated carbocycles. The van der Waals surface area contributed by atoms with Gasteiger partial charge < -0.3 is 10.9 Å². The van der Waals surface area contributed by atoms with E-state index < -0.39 is 0 Å².